The van der Waals surface area contributed by atoms with Gasteiger partial charge in [0.1, 0.15) is 5.76 Å². The van der Waals surface area contributed by atoms with Crippen LogP contribution in [0.15, 0.2) is 22.8 Å². The van der Waals surface area contributed by atoms with Crippen LogP contribution in [0, 0.1) is 5.92 Å². The number of hydrogen-bond donors (Lipinski definition) is 2. The molecule has 84 valence electrons. The predicted molar refractivity (Wildman–Crippen MR) is 58.4 cm³/mol. The Morgan fingerprint density at radius 3 is 2.87 bits per heavy atom. The molecule has 0 spiro atoms. The number of rotatable bonds is 5. The van der Waals surface area contributed by atoms with E-state index in [9.17, 15) is 4.79 Å². The van der Waals surface area contributed by atoms with Gasteiger partial charge in [-0.2, -0.15) is 0 Å². The maximum Gasteiger partial charge on any atom is 0.315 e. The van der Waals surface area contributed by atoms with Gasteiger partial charge in [0, 0.05) is 6.54 Å². The van der Waals surface area contributed by atoms with Gasteiger partial charge >= 0.3 is 6.03 Å². The summed E-state index contributed by atoms with van der Waals surface area (Å²) in [4.78, 5) is 11.3. The standard InChI is InChI=1S/C11H18N2O2/c1-9(2)5-6-12-11(14)13-8-10-4-3-7-15-10/h3-4,7,9H,5-6,8H2,1-2H3,(H2,12,13,14). The van der Waals surface area contributed by atoms with Gasteiger partial charge in [-0.3, -0.25) is 0 Å². The van der Waals surface area contributed by atoms with Crippen LogP contribution >= 0.6 is 0 Å². The van der Waals surface area contributed by atoms with Crippen LogP contribution in [0.1, 0.15) is 26.0 Å². The topological polar surface area (TPSA) is 54.3 Å². The molecule has 4 heteroatoms. The minimum absolute atomic E-state index is 0.146. The molecule has 15 heavy (non-hydrogen) atoms. The predicted octanol–water partition coefficient (Wildman–Crippen LogP) is 2.12. The number of furan rings is 1. The van der Waals surface area contributed by atoms with Crippen molar-refractivity contribution in [2.45, 2.75) is 26.8 Å². The number of amides is 2. The van der Waals surface area contributed by atoms with Crippen molar-refractivity contribution in [2.75, 3.05) is 6.54 Å². The summed E-state index contributed by atoms with van der Waals surface area (Å²) in [6, 6.07) is 3.48. The first kappa shape index (κ1) is 11.6. The second kappa shape index (κ2) is 6.11. The summed E-state index contributed by atoms with van der Waals surface area (Å²) >= 11 is 0. The van der Waals surface area contributed by atoms with Crippen LogP contribution in [-0.4, -0.2) is 12.6 Å². The van der Waals surface area contributed by atoms with Gasteiger partial charge in [-0.05, 0) is 24.5 Å². The summed E-state index contributed by atoms with van der Waals surface area (Å²) in [5.74, 6) is 1.37. The van der Waals surface area contributed by atoms with Crippen LogP contribution in [0.3, 0.4) is 0 Å². The minimum atomic E-state index is -0.146. The first-order valence-corrected chi connectivity index (χ1v) is 5.22. The molecule has 0 aliphatic carbocycles. The number of carbonyl (C=O) groups is 1. The van der Waals surface area contributed by atoms with Crippen molar-refractivity contribution in [2.24, 2.45) is 5.92 Å². The summed E-state index contributed by atoms with van der Waals surface area (Å²) in [6.45, 7) is 5.40. The fourth-order valence-electron chi connectivity index (χ4n) is 1.12. The summed E-state index contributed by atoms with van der Waals surface area (Å²) in [6.07, 6.45) is 2.59. The largest absolute Gasteiger partial charge is 0.467 e. The second-order valence-electron chi connectivity index (χ2n) is 3.87. The molecule has 0 bridgehead atoms. The van der Waals surface area contributed by atoms with E-state index in [2.05, 4.69) is 24.5 Å². The summed E-state index contributed by atoms with van der Waals surface area (Å²) in [5, 5.41) is 5.50. The van der Waals surface area contributed by atoms with Crippen LogP contribution in [0.5, 0.6) is 0 Å². The fourth-order valence-corrected chi connectivity index (χ4v) is 1.12. The lowest BCUT2D eigenvalue weighted by Gasteiger charge is -2.07. The molecule has 0 fully saturated rings. The molecule has 1 aromatic rings. The van der Waals surface area contributed by atoms with Gasteiger partial charge < -0.3 is 15.1 Å². The summed E-state index contributed by atoms with van der Waals surface area (Å²) in [7, 11) is 0. The van der Waals surface area contributed by atoms with Crippen molar-refractivity contribution in [3.63, 3.8) is 0 Å². The van der Waals surface area contributed by atoms with E-state index < -0.39 is 0 Å². The quantitative estimate of drug-likeness (QED) is 0.782. The Hall–Kier alpha value is -1.45. The van der Waals surface area contributed by atoms with Crippen LogP contribution in [0.4, 0.5) is 4.79 Å². The Labute approximate surface area is 90.0 Å². The van der Waals surface area contributed by atoms with Crippen LogP contribution in [-0.2, 0) is 6.54 Å². The molecule has 0 radical (unpaired) electrons. The van der Waals surface area contributed by atoms with Gasteiger partial charge in [-0.15, -0.1) is 0 Å². The highest BCUT2D eigenvalue weighted by Gasteiger charge is 2.01. The van der Waals surface area contributed by atoms with Crippen molar-refractivity contribution in [3.05, 3.63) is 24.2 Å². The first-order valence-electron chi connectivity index (χ1n) is 5.22. The van der Waals surface area contributed by atoms with Crippen molar-refractivity contribution in [3.8, 4) is 0 Å². The zero-order valence-corrected chi connectivity index (χ0v) is 9.25. The molecule has 1 rings (SSSR count). The van der Waals surface area contributed by atoms with Gasteiger partial charge in [0.05, 0.1) is 12.8 Å². The molecule has 4 nitrogen and oxygen atoms in total. The smallest absolute Gasteiger partial charge is 0.315 e. The maximum atomic E-state index is 11.3. The van der Waals surface area contributed by atoms with Crippen molar-refractivity contribution in [1.82, 2.24) is 10.6 Å². The molecule has 1 heterocycles. The van der Waals surface area contributed by atoms with E-state index in [0.29, 0.717) is 19.0 Å². The van der Waals surface area contributed by atoms with E-state index in [1.165, 1.54) is 0 Å². The van der Waals surface area contributed by atoms with Crippen LogP contribution in [0.25, 0.3) is 0 Å². The highest BCUT2D eigenvalue weighted by molar-refractivity contribution is 5.73. The van der Waals surface area contributed by atoms with E-state index in [1.54, 1.807) is 12.3 Å². The molecule has 2 amide bonds. The highest BCUT2D eigenvalue weighted by Crippen LogP contribution is 1.98. The Bertz CT molecular complexity index is 281. The number of urea groups is 1. The molecule has 0 saturated carbocycles. The molecular formula is C11H18N2O2. The molecular weight excluding hydrogens is 192 g/mol. The van der Waals surface area contributed by atoms with Crippen LogP contribution in [0.2, 0.25) is 0 Å². The van der Waals surface area contributed by atoms with Gasteiger partial charge in [-0.1, -0.05) is 13.8 Å². The zero-order chi connectivity index (χ0) is 11.1. The monoisotopic (exact) mass is 210 g/mol. The first-order chi connectivity index (χ1) is 7.18. The zero-order valence-electron chi connectivity index (χ0n) is 9.25. The Balaban J connectivity index is 2.09. The van der Waals surface area contributed by atoms with E-state index in [0.717, 1.165) is 12.2 Å². The number of carbonyl (C=O) groups excluding carboxylic acids is 1. The van der Waals surface area contributed by atoms with E-state index in [4.69, 9.17) is 4.42 Å². The average molecular weight is 210 g/mol. The lowest BCUT2D eigenvalue weighted by atomic mass is 10.1. The van der Waals surface area contributed by atoms with Crippen molar-refractivity contribution in [1.29, 1.82) is 0 Å². The Kier molecular flexibility index (Phi) is 4.74. The normalized spacial score (nSPS) is 10.3. The third kappa shape index (κ3) is 5.10. The molecule has 0 aromatic carbocycles. The van der Waals surface area contributed by atoms with Gasteiger partial charge in [-0.25, -0.2) is 4.79 Å². The molecule has 1 aromatic heterocycles. The maximum absolute atomic E-state index is 11.3. The molecule has 0 aliphatic rings. The molecule has 0 saturated heterocycles. The molecule has 0 atom stereocenters. The lowest BCUT2D eigenvalue weighted by Crippen LogP contribution is -2.35. The molecule has 0 aliphatic heterocycles. The molecule has 2 N–H and O–H groups in total. The number of hydrogen-bond acceptors (Lipinski definition) is 2. The van der Waals surface area contributed by atoms with E-state index >= 15 is 0 Å². The van der Waals surface area contributed by atoms with E-state index in [1.807, 2.05) is 6.07 Å². The average Bonchev–Trinajstić information content (AvgIpc) is 2.66. The summed E-state index contributed by atoms with van der Waals surface area (Å²) in [5.41, 5.74) is 0. The van der Waals surface area contributed by atoms with Crippen LogP contribution < -0.4 is 10.6 Å². The Morgan fingerprint density at radius 2 is 2.27 bits per heavy atom. The van der Waals surface area contributed by atoms with Crippen molar-refractivity contribution >= 4 is 6.03 Å². The van der Waals surface area contributed by atoms with Gasteiger partial charge in [0.2, 0.25) is 0 Å². The van der Waals surface area contributed by atoms with Gasteiger partial charge in [0.15, 0.2) is 0 Å². The number of nitrogens with one attached hydrogen (secondary N) is 2. The third-order valence-corrected chi connectivity index (χ3v) is 2.01. The third-order valence-electron chi connectivity index (χ3n) is 2.01. The van der Waals surface area contributed by atoms with Gasteiger partial charge in [0.25, 0.3) is 0 Å². The second-order valence-corrected chi connectivity index (χ2v) is 3.87. The SMILES string of the molecule is CC(C)CCNC(=O)NCc1ccco1. The Morgan fingerprint density at radius 1 is 1.47 bits per heavy atom. The van der Waals surface area contributed by atoms with Crippen molar-refractivity contribution < 1.29 is 9.21 Å². The van der Waals surface area contributed by atoms with E-state index in [-0.39, 0.29) is 6.03 Å². The lowest BCUT2D eigenvalue weighted by molar-refractivity contribution is 0.239. The minimum Gasteiger partial charge on any atom is -0.467 e. The fraction of sp³-hybridized carbons (Fsp3) is 0.545. The summed E-state index contributed by atoms with van der Waals surface area (Å²) < 4.78 is 5.08. The highest BCUT2D eigenvalue weighted by atomic mass is 16.3. The molecule has 0 unspecified atom stereocenters.